The molecule has 2 amide bonds. The number of carbonyl (C=O) groups excluding carboxylic acids is 2. The first-order valence-corrected chi connectivity index (χ1v) is 2.93. The van der Waals surface area contributed by atoms with Crippen molar-refractivity contribution in [2.75, 3.05) is 0 Å². The number of carbonyl (C=O) groups is 2. The summed E-state index contributed by atoms with van der Waals surface area (Å²) in [6, 6.07) is 0. The molecule has 0 unspecified atom stereocenters. The Hall–Kier alpha value is -1.38. The Labute approximate surface area is 58.4 Å². The highest BCUT2D eigenvalue weighted by Gasteiger charge is 2.17. The third-order valence-electron chi connectivity index (χ3n) is 1.13. The third-order valence-corrected chi connectivity index (χ3v) is 1.13. The van der Waals surface area contributed by atoms with E-state index < -0.39 is 0 Å². The first-order valence-electron chi connectivity index (χ1n) is 2.93. The van der Waals surface area contributed by atoms with E-state index in [0.29, 0.717) is 5.57 Å². The molecule has 52 valence electrons. The number of hydrogen-bond donors (Lipinski definition) is 1. The van der Waals surface area contributed by atoms with Crippen molar-refractivity contribution in [1.82, 2.24) is 5.32 Å². The minimum absolute atomic E-state index is 0.317. The number of nitrogens with one attached hydrogen (secondary N) is 1. The molecule has 0 aromatic heterocycles. The van der Waals surface area contributed by atoms with Crippen molar-refractivity contribution in [3.05, 3.63) is 23.8 Å². The minimum atomic E-state index is -0.335. The van der Waals surface area contributed by atoms with Crippen LogP contribution in [-0.2, 0) is 9.59 Å². The van der Waals surface area contributed by atoms with Gasteiger partial charge in [-0.15, -0.1) is 0 Å². The molecule has 3 nitrogen and oxygen atoms in total. The van der Waals surface area contributed by atoms with Crippen LogP contribution in [0.2, 0.25) is 0 Å². The highest BCUT2D eigenvalue weighted by Crippen LogP contribution is 2.02. The van der Waals surface area contributed by atoms with Gasteiger partial charge < -0.3 is 0 Å². The highest BCUT2D eigenvalue weighted by molar-refractivity contribution is 6.17. The molecule has 0 saturated carbocycles. The van der Waals surface area contributed by atoms with E-state index in [9.17, 15) is 9.59 Å². The molecular formula is C7H7NO2. The molecule has 1 heterocycles. The summed E-state index contributed by atoms with van der Waals surface area (Å²) in [5.41, 5.74) is 0.424. The molecule has 0 aromatic rings. The minimum Gasteiger partial charge on any atom is -0.289 e. The molecule has 0 saturated heterocycles. The average molecular weight is 137 g/mol. The second kappa shape index (κ2) is 2.47. The van der Waals surface area contributed by atoms with E-state index in [0.717, 1.165) is 0 Å². The SMILES string of the molecule is CC=CC1=CC(=O)NC1=O. The zero-order valence-electron chi connectivity index (χ0n) is 5.55. The van der Waals surface area contributed by atoms with E-state index in [1.54, 1.807) is 19.1 Å². The van der Waals surface area contributed by atoms with E-state index in [1.165, 1.54) is 6.08 Å². The molecular weight excluding hydrogens is 130 g/mol. The topological polar surface area (TPSA) is 46.2 Å². The van der Waals surface area contributed by atoms with Crippen molar-refractivity contribution in [3.63, 3.8) is 0 Å². The van der Waals surface area contributed by atoms with Crippen molar-refractivity contribution >= 4 is 11.8 Å². The smallest absolute Gasteiger partial charge is 0.258 e. The Morgan fingerprint density at radius 2 is 2.20 bits per heavy atom. The van der Waals surface area contributed by atoms with Gasteiger partial charge in [-0.3, -0.25) is 14.9 Å². The van der Waals surface area contributed by atoms with Gasteiger partial charge in [0.1, 0.15) is 0 Å². The van der Waals surface area contributed by atoms with Gasteiger partial charge in [0.15, 0.2) is 0 Å². The van der Waals surface area contributed by atoms with Crippen LogP contribution in [-0.4, -0.2) is 11.8 Å². The van der Waals surface area contributed by atoms with Crippen LogP contribution in [0.5, 0.6) is 0 Å². The lowest BCUT2D eigenvalue weighted by atomic mass is 10.2. The number of rotatable bonds is 1. The molecule has 10 heavy (non-hydrogen) atoms. The van der Waals surface area contributed by atoms with Crippen molar-refractivity contribution in [2.45, 2.75) is 6.92 Å². The number of allylic oxidation sites excluding steroid dienone is 1. The lowest BCUT2D eigenvalue weighted by molar-refractivity contribution is -0.123. The molecule has 0 spiro atoms. The van der Waals surface area contributed by atoms with Gasteiger partial charge >= 0.3 is 0 Å². The average Bonchev–Trinajstić information content (AvgIpc) is 2.13. The Morgan fingerprint density at radius 3 is 2.60 bits per heavy atom. The van der Waals surface area contributed by atoms with Gasteiger partial charge in [-0.2, -0.15) is 0 Å². The Morgan fingerprint density at radius 1 is 1.50 bits per heavy atom. The van der Waals surface area contributed by atoms with Gasteiger partial charge in [-0.05, 0) is 6.92 Å². The standard InChI is InChI=1S/C7H7NO2/c1-2-3-5-4-6(9)8-7(5)10/h2-4H,1H3,(H,8,9,10). The summed E-state index contributed by atoms with van der Waals surface area (Å²) >= 11 is 0. The monoisotopic (exact) mass is 137 g/mol. The fraction of sp³-hybridized carbons (Fsp3) is 0.143. The number of amides is 2. The van der Waals surface area contributed by atoms with Gasteiger partial charge in [-0.1, -0.05) is 12.2 Å². The molecule has 0 bridgehead atoms. The molecule has 1 aliphatic rings. The van der Waals surface area contributed by atoms with Crippen molar-refractivity contribution in [2.24, 2.45) is 0 Å². The summed E-state index contributed by atoms with van der Waals surface area (Å²) < 4.78 is 0. The van der Waals surface area contributed by atoms with E-state index in [-0.39, 0.29) is 11.8 Å². The molecule has 3 heteroatoms. The number of hydrogen-bond acceptors (Lipinski definition) is 2. The van der Waals surface area contributed by atoms with Crippen LogP contribution in [0, 0.1) is 0 Å². The molecule has 1 aliphatic heterocycles. The largest absolute Gasteiger partial charge is 0.289 e. The van der Waals surface area contributed by atoms with Crippen LogP contribution in [0.1, 0.15) is 6.92 Å². The van der Waals surface area contributed by atoms with Crippen LogP contribution >= 0.6 is 0 Å². The van der Waals surface area contributed by atoms with Crippen LogP contribution in [0.25, 0.3) is 0 Å². The lowest BCUT2D eigenvalue weighted by Crippen LogP contribution is -2.21. The van der Waals surface area contributed by atoms with Gasteiger partial charge in [0.05, 0.1) is 0 Å². The Bertz CT molecular complexity index is 238. The first-order chi connectivity index (χ1) is 4.74. The maximum absolute atomic E-state index is 10.7. The van der Waals surface area contributed by atoms with Crippen LogP contribution in [0.15, 0.2) is 23.8 Å². The highest BCUT2D eigenvalue weighted by atomic mass is 16.2. The summed E-state index contributed by atoms with van der Waals surface area (Å²) in [6.45, 7) is 1.79. The van der Waals surface area contributed by atoms with Gasteiger partial charge in [0.25, 0.3) is 11.8 Å². The molecule has 0 aliphatic carbocycles. The van der Waals surface area contributed by atoms with E-state index >= 15 is 0 Å². The molecule has 0 fully saturated rings. The molecule has 1 rings (SSSR count). The van der Waals surface area contributed by atoms with Crippen molar-refractivity contribution in [3.8, 4) is 0 Å². The maximum Gasteiger partial charge on any atom is 0.258 e. The second-order valence-corrected chi connectivity index (χ2v) is 1.92. The van der Waals surface area contributed by atoms with Crippen molar-refractivity contribution < 1.29 is 9.59 Å². The summed E-state index contributed by atoms with van der Waals surface area (Å²) in [7, 11) is 0. The zero-order valence-corrected chi connectivity index (χ0v) is 5.55. The van der Waals surface area contributed by atoms with Crippen LogP contribution < -0.4 is 5.32 Å². The van der Waals surface area contributed by atoms with Gasteiger partial charge in [0, 0.05) is 11.6 Å². The van der Waals surface area contributed by atoms with Gasteiger partial charge in [-0.25, -0.2) is 0 Å². The van der Waals surface area contributed by atoms with Crippen LogP contribution in [0.3, 0.4) is 0 Å². The summed E-state index contributed by atoms with van der Waals surface area (Å²) in [6.07, 6.45) is 4.59. The van der Waals surface area contributed by atoms with Gasteiger partial charge in [0.2, 0.25) is 0 Å². The summed E-state index contributed by atoms with van der Waals surface area (Å²) in [4.78, 5) is 21.2. The predicted octanol–water partition coefficient (Wildman–Crippen LogP) is 0.145. The predicted molar refractivity (Wildman–Crippen MR) is 36.0 cm³/mol. The fourth-order valence-electron chi connectivity index (χ4n) is 0.730. The van der Waals surface area contributed by atoms with Crippen molar-refractivity contribution in [1.29, 1.82) is 0 Å². The molecule has 1 N–H and O–H groups in total. The number of imide groups is 1. The molecule has 0 aromatic carbocycles. The second-order valence-electron chi connectivity index (χ2n) is 1.92. The third kappa shape index (κ3) is 1.13. The maximum atomic E-state index is 10.7. The molecule has 0 atom stereocenters. The summed E-state index contributed by atoms with van der Waals surface area (Å²) in [5.74, 6) is -0.652. The lowest BCUT2D eigenvalue weighted by Gasteiger charge is -1.87. The summed E-state index contributed by atoms with van der Waals surface area (Å²) in [5, 5.41) is 2.13. The quantitative estimate of drug-likeness (QED) is 0.523. The van der Waals surface area contributed by atoms with E-state index in [2.05, 4.69) is 5.32 Å². The van der Waals surface area contributed by atoms with Crippen LogP contribution in [0.4, 0.5) is 0 Å². The van der Waals surface area contributed by atoms with E-state index in [4.69, 9.17) is 0 Å². The Balaban J connectivity index is 2.85. The van der Waals surface area contributed by atoms with E-state index in [1.807, 2.05) is 0 Å². The molecule has 0 radical (unpaired) electrons. The Kier molecular flexibility index (Phi) is 1.67. The normalized spacial score (nSPS) is 17.9. The fourth-order valence-corrected chi connectivity index (χ4v) is 0.730. The zero-order chi connectivity index (χ0) is 7.56. The first kappa shape index (κ1) is 6.74.